The van der Waals surface area contributed by atoms with Gasteiger partial charge in [-0.25, -0.2) is 14.1 Å². The maximum atomic E-state index is 14.0. The summed E-state index contributed by atoms with van der Waals surface area (Å²) >= 11 is 0. The Morgan fingerprint density at radius 3 is 3.00 bits per heavy atom. The van der Waals surface area contributed by atoms with Crippen LogP contribution in [0.2, 0.25) is 0 Å². The van der Waals surface area contributed by atoms with Gasteiger partial charge in [-0.15, -0.1) is 5.10 Å². The SMILES string of the molecule is CCc1nc(C(=O)N[C@H]2CCCNC2)nn1-c1ccccc1F. The van der Waals surface area contributed by atoms with E-state index in [2.05, 4.69) is 20.7 Å². The summed E-state index contributed by atoms with van der Waals surface area (Å²) < 4.78 is 15.4. The van der Waals surface area contributed by atoms with Gasteiger partial charge in [0.05, 0.1) is 0 Å². The molecule has 2 aromatic rings. The molecule has 0 spiro atoms. The Morgan fingerprint density at radius 1 is 1.48 bits per heavy atom. The molecule has 1 saturated heterocycles. The van der Waals surface area contributed by atoms with Gasteiger partial charge in [-0.1, -0.05) is 19.1 Å². The molecule has 23 heavy (non-hydrogen) atoms. The second-order valence-corrected chi connectivity index (χ2v) is 5.59. The molecule has 6 nitrogen and oxygen atoms in total. The van der Waals surface area contributed by atoms with Gasteiger partial charge in [0.2, 0.25) is 5.82 Å². The topological polar surface area (TPSA) is 71.8 Å². The number of halogens is 1. The van der Waals surface area contributed by atoms with Crippen molar-refractivity contribution < 1.29 is 9.18 Å². The molecule has 1 atom stereocenters. The summed E-state index contributed by atoms with van der Waals surface area (Å²) in [4.78, 5) is 16.6. The van der Waals surface area contributed by atoms with E-state index in [0.717, 1.165) is 25.9 Å². The fraction of sp³-hybridized carbons (Fsp3) is 0.438. The molecule has 1 fully saturated rings. The lowest BCUT2D eigenvalue weighted by Gasteiger charge is -2.23. The van der Waals surface area contributed by atoms with Crippen LogP contribution >= 0.6 is 0 Å². The molecule has 1 aliphatic heterocycles. The highest BCUT2D eigenvalue weighted by atomic mass is 19.1. The van der Waals surface area contributed by atoms with Crippen molar-refractivity contribution in [1.82, 2.24) is 25.4 Å². The molecule has 3 rings (SSSR count). The molecular weight excluding hydrogens is 297 g/mol. The van der Waals surface area contributed by atoms with Crippen LogP contribution in [0.5, 0.6) is 0 Å². The lowest BCUT2D eigenvalue weighted by atomic mass is 10.1. The van der Waals surface area contributed by atoms with Crippen molar-refractivity contribution >= 4 is 5.91 Å². The van der Waals surface area contributed by atoms with Crippen LogP contribution in [0.15, 0.2) is 24.3 Å². The third kappa shape index (κ3) is 3.39. The summed E-state index contributed by atoms with van der Waals surface area (Å²) in [6.07, 6.45) is 2.52. The van der Waals surface area contributed by atoms with Gasteiger partial charge in [-0.2, -0.15) is 0 Å². The maximum Gasteiger partial charge on any atom is 0.291 e. The van der Waals surface area contributed by atoms with Gasteiger partial charge in [0.25, 0.3) is 5.91 Å². The number of aryl methyl sites for hydroxylation is 1. The average molecular weight is 317 g/mol. The van der Waals surface area contributed by atoms with E-state index >= 15 is 0 Å². The van der Waals surface area contributed by atoms with Crippen LogP contribution in [0, 0.1) is 5.82 Å². The van der Waals surface area contributed by atoms with Gasteiger partial charge in [0, 0.05) is 19.0 Å². The van der Waals surface area contributed by atoms with Gasteiger partial charge >= 0.3 is 0 Å². The van der Waals surface area contributed by atoms with Crippen molar-refractivity contribution in [3.63, 3.8) is 0 Å². The summed E-state index contributed by atoms with van der Waals surface area (Å²) in [6.45, 7) is 3.63. The normalized spacial score (nSPS) is 17.9. The first-order chi connectivity index (χ1) is 11.2. The predicted molar refractivity (Wildman–Crippen MR) is 84.1 cm³/mol. The predicted octanol–water partition coefficient (Wildman–Crippen LogP) is 1.45. The third-order valence-corrected chi connectivity index (χ3v) is 3.91. The van der Waals surface area contributed by atoms with Crippen molar-refractivity contribution in [2.24, 2.45) is 0 Å². The molecule has 1 aliphatic rings. The molecule has 2 heterocycles. The lowest BCUT2D eigenvalue weighted by molar-refractivity contribution is 0.0920. The number of aromatic nitrogens is 3. The minimum Gasteiger partial charge on any atom is -0.345 e. The van der Waals surface area contributed by atoms with Crippen molar-refractivity contribution in [2.75, 3.05) is 13.1 Å². The van der Waals surface area contributed by atoms with Crippen LogP contribution < -0.4 is 10.6 Å². The Hall–Kier alpha value is -2.28. The summed E-state index contributed by atoms with van der Waals surface area (Å²) in [5.41, 5.74) is 0.301. The number of carbonyl (C=O) groups is 1. The highest BCUT2D eigenvalue weighted by molar-refractivity contribution is 5.90. The van der Waals surface area contributed by atoms with E-state index in [-0.39, 0.29) is 17.8 Å². The van der Waals surface area contributed by atoms with Gasteiger partial charge < -0.3 is 10.6 Å². The van der Waals surface area contributed by atoms with E-state index in [1.165, 1.54) is 10.7 Å². The number of hydrogen-bond donors (Lipinski definition) is 2. The average Bonchev–Trinajstić information content (AvgIpc) is 3.00. The quantitative estimate of drug-likeness (QED) is 0.895. The molecule has 7 heteroatoms. The highest BCUT2D eigenvalue weighted by Gasteiger charge is 2.21. The largest absolute Gasteiger partial charge is 0.345 e. The minimum atomic E-state index is -0.393. The molecule has 0 radical (unpaired) electrons. The number of nitrogens with zero attached hydrogens (tertiary/aromatic N) is 3. The highest BCUT2D eigenvalue weighted by Crippen LogP contribution is 2.15. The van der Waals surface area contributed by atoms with Crippen LogP contribution in [0.1, 0.15) is 36.2 Å². The molecule has 0 bridgehead atoms. The molecule has 1 aromatic heterocycles. The van der Waals surface area contributed by atoms with Gasteiger partial charge in [0.1, 0.15) is 17.3 Å². The van der Waals surface area contributed by atoms with E-state index in [4.69, 9.17) is 0 Å². The zero-order valence-corrected chi connectivity index (χ0v) is 13.1. The van der Waals surface area contributed by atoms with E-state index in [1.807, 2.05) is 6.92 Å². The molecule has 2 N–H and O–H groups in total. The monoisotopic (exact) mass is 317 g/mol. The van der Waals surface area contributed by atoms with Crippen LogP contribution in [-0.4, -0.2) is 39.8 Å². The molecular formula is C16H20FN5O. The third-order valence-electron chi connectivity index (χ3n) is 3.91. The Kier molecular flexibility index (Phi) is 4.66. The van der Waals surface area contributed by atoms with Crippen LogP contribution in [-0.2, 0) is 6.42 Å². The number of rotatable bonds is 4. The Morgan fingerprint density at radius 2 is 2.30 bits per heavy atom. The molecule has 0 unspecified atom stereocenters. The number of piperidine rings is 1. The standard InChI is InChI=1S/C16H20FN5O/c1-2-14-20-15(16(23)19-11-6-5-9-18-10-11)21-22(14)13-8-4-3-7-12(13)17/h3-4,7-8,11,18H,2,5-6,9-10H2,1H3,(H,19,23)/t11-/m0/s1. The fourth-order valence-corrected chi connectivity index (χ4v) is 2.71. The summed E-state index contributed by atoms with van der Waals surface area (Å²) in [5, 5.41) is 10.4. The zero-order chi connectivity index (χ0) is 16.2. The summed E-state index contributed by atoms with van der Waals surface area (Å²) in [6, 6.07) is 6.42. The Bertz CT molecular complexity index is 694. The zero-order valence-electron chi connectivity index (χ0n) is 13.1. The van der Waals surface area contributed by atoms with Gasteiger partial charge in [0.15, 0.2) is 0 Å². The van der Waals surface area contributed by atoms with Gasteiger partial charge in [-0.05, 0) is 31.5 Å². The number of nitrogens with one attached hydrogen (secondary N) is 2. The molecule has 1 aromatic carbocycles. The Labute approximate surface area is 134 Å². The fourth-order valence-electron chi connectivity index (χ4n) is 2.71. The first-order valence-electron chi connectivity index (χ1n) is 7.91. The molecule has 0 saturated carbocycles. The van der Waals surface area contributed by atoms with E-state index in [9.17, 15) is 9.18 Å². The molecule has 0 aliphatic carbocycles. The van der Waals surface area contributed by atoms with E-state index < -0.39 is 5.82 Å². The van der Waals surface area contributed by atoms with Crippen molar-refractivity contribution in [3.05, 3.63) is 41.7 Å². The molecule has 122 valence electrons. The maximum absolute atomic E-state index is 14.0. The number of amides is 1. The lowest BCUT2D eigenvalue weighted by Crippen LogP contribution is -2.45. The molecule has 1 amide bonds. The smallest absolute Gasteiger partial charge is 0.291 e. The first-order valence-corrected chi connectivity index (χ1v) is 7.91. The number of hydrogen-bond acceptors (Lipinski definition) is 4. The number of carbonyl (C=O) groups excluding carboxylic acids is 1. The van der Waals surface area contributed by atoms with Crippen LogP contribution in [0.3, 0.4) is 0 Å². The Balaban J connectivity index is 1.84. The van der Waals surface area contributed by atoms with Gasteiger partial charge in [-0.3, -0.25) is 4.79 Å². The number of para-hydroxylation sites is 1. The van der Waals surface area contributed by atoms with Crippen LogP contribution in [0.25, 0.3) is 5.69 Å². The van der Waals surface area contributed by atoms with Crippen LogP contribution in [0.4, 0.5) is 4.39 Å². The number of benzene rings is 1. The second kappa shape index (κ2) is 6.87. The van der Waals surface area contributed by atoms with Crippen molar-refractivity contribution in [2.45, 2.75) is 32.2 Å². The summed E-state index contributed by atoms with van der Waals surface area (Å²) in [5.74, 6) is -0.0725. The minimum absolute atomic E-state index is 0.0793. The van der Waals surface area contributed by atoms with E-state index in [0.29, 0.717) is 17.9 Å². The first kappa shape index (κ1) is 15.6. The van der Waals surface area contributed by atoms with Crippen molar-refractivity contribution in [3.8, 4) is 5.69 Å². The van der Waals surface area contributed by atoms with Crippen molar-refractivity contribution in [1.29, 1.82) is 0 Å². The van der Waals surface area contributed by atoms with E-state index in [1.54, 1.807) is 18.2 Å². The second-order valence-electron chi connectivity index (χ2n) is 5.59. The summed E-state index contributed by atoms with van der Waals surface area (Å²) in [7, 11) is 0.